The predicted molar refractivity (Wildman–Crippen MR) is 59.0 cm³/mol. The first-order chi connectivity index (χ1) is 6.63. The highest BCUT2D eigenvalue weighted by atomic mass is 35.5. The molecule has 0 saturated heterocycles. The molecule has 0 bridgehead atoms. The second kappa shape index (κ2) is 5.20. The van der Waals surface area contributed by atoms with Crippen LogP contribution in [0.2, 0.25) is 5.02 Å². The minimum absolute atomic E-state index is 0.108. The van der Waals surface area contributed by atoms with E-state index >= 15 is 0 Å². The molecule has 2 nitrogen and oxygen atoms in total. The fourth-order valence-corrected chi connectivity index (χ4v) is 1.43. The van der Waals surface area contributed by atoms with Gasteiger partial charge in [-0.15, -0.1) is 0 Å². The summed E-state index contributed by atoms with van der Waals surface area (Å²) in [5.41, 5.74) is 1.16. The first kappa shape index (κ1) is 11.3. The van der Waals surface area contributed by atoms with Crippen LogP contribution in [0.3, 0.4) is 0 Å². The summed E-state index contributed by atoms with van der Waals surface area (Å²) in [6.07, 6.45) is 4.04. The Morgan fingerprint density at radius 2 is 2.21 bits per heavy atom. The van der Waals surface area contributed by atoms with Crippen molar-refractivity contribution in [2.75, 3.05) is 0 Å². The summed E-state index contributed by atoms with van der Waals surface area (Å²) in [6, 6.07) is 1.93. The molecule has 0 saturated carbocycles. The van der Waals surface area contributed by atoms with Crippen molar-refractivity contribution < 1.29 is 4.74 Å². The van der Waals surface area contributed by atoms with Gasteiger partial charge in [0.1, 0.15) is 5.02 Å². The minimum atomic E-state index is 0.108. The van der Waals surface area contributed by atoms with Crippen LogP contribution in [0.15, 0.2) is 12.3 Å². The summed E-state index contributed by atoms with van der Waals surface area (Å²) in [5.74, 6) is 0.529. The van der Waals surface area contributed by atoms with Gasteiger partial charge in [0.25, 0.3) is 0 Å². The summed E-state index contributed by atoms with van der Waals surface area (Å²) in [7, 11) is 0. The average Bonchev–Trinajstić information content (AvgIpc) is 2.10. The molecule has 0 aliphatic heterocycles. The second-order valence-electron chi connectivity index (χ2n) is 3.55. The van der Waals surface area contributed by atoms with Crippen LogP contribution < -0.4 is 4.74 Å². The number of nitrogens with zero attached hydrogens (tertiary/aromatic N) is 1. The molecule has 0 spiro atoms. The molecule has 0 aromatic carbocycles. The van der Waals surface area contributed by atoms with Crippen LogP contribution in [-0.4, -0.2) is 11.1 Å². The lowest BCUT2D eigenvalue weighted by Crippen LogP contribution is -2.07. The standard InChI is InChI=1S/C11H16ClNO/c1-4-5-9-6-10(12)11(13-7-9)14-8(2)3/h6-8H,4-5H2,1-3H3. The zero-order valence-corrected chi connectivity index (χ0v) is 9.64. The van der Waals surface area contributed by atoms with Gasteiger partial charge in [0, 0.05) is 6.20 Å². The van der Waals surface area contributed by atoms with E-state index in [0.717, 1.165) is 18.4 Å². The fourth-order valence-electron chi connectivity index (χ4n) is 1.20. The maximum Gasteiger partial charge on any atom is 0.232 e. The zero-order chi connectivity index (χ0) is 10.6. The van der Waals surface area contributed by atoms with Crippen molar-refractivity contribution in [1.82, 2.24) is 4.98 Å². The molecule has 0 amide bonds. The van der Waals surface area contributed by atoms with E-state index in [-0.39, 0.29) is 6.10 Å². The molecular weight excluding hydrogens is 198 g/mol. The van der Waals surface area contributed by atoms with Gasteiger partial charge in [-0.05, 0) is 31.9 Å². The van der Waals surface area contributed by atoms with Gasteiger partial charge in [0.2, 0.25) is 5.88 Å². The SMILES string of the molecule is CCCc1cnc(OC(C)C)c(Cl)c1. The first-order valence-electron chi connectivity index (χ1n) is 4.94. The number of aromatic nitrogens is 1. The molecule has 1 aromatic heterocycles. The molecule has 0 unspecified atom stereocenters. The Bertz CT molecular complexity index is 299. The molecule has 78 valence electrons. The second-order valence-corrected chi connectivity index (χ2v) is 3.95. The van der Waals surface area contributed by atoms with E-state index in [1.807, 2.05) is 26.1 Å². The molecule has 0 aliphatic rings. The van der Waals surface area contributed by atoms with E-state index in [1.165, 1.54) is 0 Å². The molecule has 1 rings (SSSR count). The Labute approximate surface area is 90.3 Å². The monoisotopic (exact) mass is 213 g/mol. The smallest absolute Gasteiger partial charge is 0.232 e. The van der Waals surface area contributed by atoms with Crippen LogP contribution in [0.1, 0.15) is 32.8 Å². The number of pyridine rings is 1. The maximum absolute atomic E-state index is 6.02. The van der Waals surface area contributed by atoms with Crippen LogP contribution in [0, 0.1) is 0 Å². The first-order valence-corrected chi connectivity index (χ1v) is 5.32. The Hall–Kier alpha value is -0.760. The maximum atomic E-state index is 6.02. The summed E-state index contributed by atoms with van der Waals surface area (Å²) >= 11 is 6.02. The molecule has 14 heavy (non-hydrogen) atoms. The van der Waals surface area contributed by atoms with Crippen LogP contribution in [0.5, 0.6) is 5.88 Å². The molecule has 1 heterocycles. The molecule has 0 radical (unpaired) electrons. The Balaban J connectivity index is 2.79. The van der Waals surface area contributed by atoms with Crippen LogP contribution >= 0.6 is 11.6 Å². The van der Waals surface area contributed by atoms with Crippen molar-refractivity contribution in [3.8, 4) is 5.88 Å². The highest BCUT2D eigenvalue weighted by Crippen LogP contribution is 2.23. The number of rotatable bonds is 4. The normalized spacial score (nSPS) is 10.6. The van der Waals surface area contributed by atoms with Gasteiger partial charge in [0.05, 0.1) is 6.10 Å². The predicted octanol–water partition coefficient (Wildman–Crippen LogP) is 3.47. The minimum Gasteiger partial charge on any atom is -0.474 e. The van der Waals surface area contributed by atoms with Gasteiger partial charge in [-0.2, -0.15) is 0 Å². The fraction of sp³-hybridized carbons (Fsp3) is 0.545. The quantitative estimate of drug-likeness (QED) is 0.764. The summed E-state index contributed by atoms with van der Waals surface area (Å²) in [5, 5.41) is 0.602. The van der Waals surface area contributed by atoms with Crippen LogP contribution in [0.4, 0.5) is 0 Å². The van der Waals surface area contributed by atoms with Gasteiger partial charge < -0.3 is 4.74 Å². The van der Waals surface area contributed by atoms with Crippen molar-refractivity contribution >= 4 is 11.6 Å². The Kier molecular flexibility index (Phi) is 4.21. The van der Waals surface area contributed by atoms with Gasteiger partial charge >= 0.3 is 0 Å². The number of hydrogen-bond acceptors (Lipinski definition) is 2. The van der Waals surface area contributed by atoms with E-state index < -0.39 is 0 Å². The highest BCUT2D eigenvalue weighted by Gasteiger charge is 2.05. The third-order valence-electron chi connectivity index (χ3n) is 1.75. The summed E-state index contributed by atoms with van der Waals surface area (Å²) < 4.78 is 5.44. The molecule has 1 aromatic rings. The van der Waals surface area contributed by atoms with Crippen molar-refractivity contribution in [2.45, 2.75) is 39.7 Å². The Morgan fingerprint density at radius 3 is 2.71 bits per heavy atom. The van der Waals surface area contributed by atoms with Gasteiger partial charge in [-0.1, -0.05) is 24.9 Å². The van der Waals surface area contributed by atoms with Crippen molar-refractivity contribution in [2.24, 2.45) is 0 Å². The third-order valence-corrected chi connectivity index (χ3v) is 2.02. The number of ether oxygens (including phenoxy) is 1. The number of aryl methyl sites for hydroxylation is 1. The molecule has 0 atom stereocenters. The van der Waals surface area contributed by atoms with Crippen LogP contribution in [0.25, 0.3) is 0 Å². The van der Waals surface area contributed by atoms with E-state index in [1.54, 1.807) is 0 Å². The van der Waals surface area contributed by atoms with E-state index in [2.05, 4.69) is 11.9 Å². The largest absolute Gasteiger partial charge is 0.474 e. The molecule has 3 heteroatoms. The molecule has 0 N–H and O–H groups in total. The summed E-state index contributed by atoms with van der Waals surface area (Å²) in [6.45, 7) is 6.04. The molecule has 0 aliphatic carbocycles. The number of halogens is 1. The van der Waals surface area contributed by atoms with Crippen LogP contribution in [-0.2, 0) is 6.42 Å². The lowest BCUT2D eigenvalue weighted by molar-refractivity contribution is 0.232. The van der Waals surface area contributed by atoms with E-state index in [9.17, 15) is 0 Å². The molecular formula is C11H16ClNO. The van der Waals surface area contributed by atoms with Crippen molar-refractivity contribution in [3.05, 3.63) is 22.8 Å². The third kappa shape index (κ3) is 3.18. The lowest BCUT2D eigenvalue weighted by Gasteiger charge is -2.10. The van der Waals surface area contributed by atoms with E-state index in [4.69, 9.17) is 16.3 Å². The lowest BCUT2D eigenvalue weighted by atomic mass is 10.2. The average molecular weight is 214 g/mol. The zero-order valence-electron chi connectivity index (χ0n) is 8.88. The number of hydrogen-bond donors (Lipinski definition) is 0. The molecule has 0 fully saturated rings. The van der Waals surface area contributed by atoms with Gasteiger partial charge in [0.15, 0.2) is 0 Å². The topological polar surface area (TPSA) is 22.1 Å². The van der Waals surface area contributed by atoms with Gasteiger partial charge in [-0.3, -0.25) is 0 Å². The summed E-state index contributed by atoms with van der Waals surface area (Å²) in [4.78, 5) is 4.18. The Morgan fingerprint density at radius 1 is 1.50 bits per heavy atom. The van der Waals surface area contributed by atoms with Gasteiger partial charge in [-0.25, -0.2) is 4.98 Å². The highest BCUT2D eigenvalue weighted by molar-refractivity contribution is 6.31. The van der Waals surface area contributed by atoms with Crippen molar-refractivity contribution in [3.63, 3.8) is 0 Å². The van der Waals surface area contributed by atoms with Crippen molar-refractivity contribution in [1.29, 1.82) is 0 Å². The van der Waals surface area contributed by atoms with E-state index in [0.29, 0.717) is 10.9 Å².